The second-order valence-corrected chi connectivity index (χ2v) is 6.23. The smallest absolute Gasteiger partial charge is 0.404 e. The van der Waals surface area contributed by atoms with E-state index in [0.29, 0.717) is 24.4 Å². The quantitative estimate of drug-likeness (QED) is 0.678. The molecule has 2 aromatic rings. The van der Waals surface area contributed by atoms with Crippen LogP contribution in [0.25, 0.3) is 10.9 Å². The largest absolute Gasteiger partial charge is 0.465 e. The number of ether oxygens (including phenoxy) is 1. The highest BCUT2D eigenvalue weighted by atomic mass is 35.5. The third-order valence-electron chi connectivity index (χ3n) is 3.99. The number of aromatic nitrogens is 1. The van der Waals surface area contributed by atoms with Crippen molar-refractivity contribution in [1.29, 1.82) is 0 Å². The van der Waals surface area contributed by atoms with Gasteiger partial charge in [-0.1, -0.05) is 11.6 Å². The number of amides is 2. The van der Waals surface area contributed by atoms with Crippen molar-refractivity contribution in [2.75, 3.05) is 6.61 Å². The van der Waals surface area contributed by atoms with Crippen LogP contribution in [0.3, 0.4) is 0 Å². The lowest BCUT2D eigenvalue weighted by atomic mass is 10.0. The summed E-state index contributed by atoms with van der Waals surface area (Å²) in [7, 11) is 0. The fourth-order valence-electron chi connectivity index (χ4n) is 2.80. The summed E-state index contributed by atoms with van der Waals surface area (Å²) in [6.07, 6.45) is -0.560. The van der Waals surface area contributed by atoms with Gasteiger partial charge in [0, 0.05) is 21.6 Å². The first-order valence-electron chi connectivity index (χ1n) is 7.67. The molecule has 0 spiro atoms. The number of hydrogen-bond donors (Lipinski definition) is 4. The van der Waals surface area contributed by atoms with Crippen LogP contribution in [0.5, 0.6) is 0 Å². The van der Waals surface area contributed by atoms with Crippen LogP contribution in [0.4, 0.5) is 4.79 Å². The Bertz CT molecular complexity index is 753. The van der Waals surface area contributed by atoms with Gasteiger partial charge >= 0.3 is 6.09 Å². The molecule has 1 aromatic heterocycles. The van der Waals surface area contributed by atoms with Crippen molar-refractivity contribution in [2.24, 2.45) is 0 Å². The van der Waals surface area contributed by atoms with Gasteiger partial charge in [-0.15, -0.1) is 0 Å². The van der Waals surface area contributed by atoms with Crippen LogP contribution in [0.15, 0.2) is 24.3 Å². The van der Waals surface area contributed by atoms with Crippen LogP contribution in [-0.2, 0) is 16.1 Å². The number of nitrogens with one attached hydrogen (secondary N) is 3. The van der Waals surface area contributed by atoms with Crippen LogP contribution in [0, 0.1) is 0 Å². The second-order valence-electron chi connectivity index (χ2n) is 5.79. The number of H-pyrrole nitrogens is 1. The summed E-state index contributed by atoms with van der Waals surface area (Å²) in [5, 5.41) is 15.5. The SMILES string of the molecule is O=C(O)N[C@@H]1CC[C@@H](C(=O)NCc2cc3cc(Cl)ccc3[nH]2)OC1. The molecule has 0 radical (unpaired) electrons. The van der Waals surface area contributed by atoms with Gasteiger partial charge in [0.1, 0.15) is 6.10 Å². The molecule has 0 bridgehead atoms. The third-order valence-corrected chi connectivity index (χ3v) is 4.22. The van der Waals surface area contributed by atoms with E-state index in [9.17, 15) is 9.59 Å². The van der Waals surface area contributed by atoms with E-state index in [4.69, 9.17) is 21.4 Å². The summed E-state index contributed by atoms with van der Waals surface area (Å²) in [5.41, 5.74) is 1.84. The second kappa shape index (κ2) is 7.11. The lowest BCUT2D eigenvalue weighted by Crippen LogP contribution is -2.46. The van der Waals surface area contributed by atoms with Crippen LogP contribution < -0.4 is 10.6 Å². The first-order valence-corrected chi connectivity index (χ1v) is 8.05. The molecule has 1 fully saturated rings. The monoisotopic (exact) mass is 351 g/mol. The van der Waals surface area contributed by atoms with Crippen molar-refractivity contribution in [3.8, 4) is 0 Å². The molecule has 1 aliphatic rings. The van der Waals surface area contributed by atoms with E-state index in [-0.39, 0.29) is 18.6 Å². The Hall–Kier alpha value is -2.25. The zero-order valence-corrected chi connectivity index (χ0v) is 13.6. The summed E-state index contributed by atoms with van der Waals surface area (Å²) in [6, 6.07) is 7.24. The molecule has 0 saturated carbocycles. The molecule has 1 saturated heterocycles. The number of benzene rings is 1. The molecule has 24 heavy (non-hydrogen) atoms. The Kier molecular flexibility index (Phi) is 4.92. The Morgan fingerprint density at radius 3 is 2.88 bits per heavy atom. The Morgan fingerprint density at radius 2 is 2.17 bits per heavy atom. The molecular formula is C16H18ClN3O4. The molecule has 0 aliphatic carbocycles. The Morgan fingerprint density at radius 1 is 1.33 bits per heavy atom. The number of carboxylic acid groups (broad SMARTS) is 1. The number of hydrogen-bond acceptors (Lipinski definition) is 3. The molecule has 128 valence electrons. The molecule has 8 heteroatoms. The fourth-order valence-corrected chi connectivity index (χ4v) is 2.98. The molecule has 0 unspecified atom stereocenters. The maximum absolute atomic E-state index is 12.2. The van der Waals surface area contributed by atoms with E-state index in [1.54, 1.807) is 6.07 Å². The minimum Gasteiger partial charge on any atom is -0.465 e. The minimum atomic E-state index is -1.08. The number of carbonyl (C=O) groups excluding carboxylic acids is 1. The number of rotatable bonds is 4. The topological polar surface area (TPSA) is 103 Å². The average molecular weight is 352 g/mol. The van der Waals surface area contributed by atoms with E-state index in [1.807, 2.05) is 18.2 Å². The van der Waals surface area contributed by atoms with Crippen LogP contribution in [0.1, 0.15) is 18.5 Å². The summed E-state index contributed by atoms with van der Waals surface area (Å²) in [4.78, 5) is 26.0. The van der Waals surface area contributed by atoms with Crippen molar-refractivity contribution in [3.63, 3.8) is 0 Å². The van der Waals surface area contributed by atoms with Crippen LogP contribution in [-0.4, -0.2) is 40.8 Å². The zero-order chi connectivity index (χ0) is 17.1. The minimum absolute atomic E-state index is 0.194. The predicted octanol–water partition coefficient (Wildman–Crippen LogP) is 2.25. The van der Waals surface area contributed by atoms with Crippen molar-refractivity contribution in [2.45, 2.75) is 31.5 Å². The summed E-state index contributed by atoms with van der Waals surface area (Å²) in [5.74, 6) is -0.194. The van der Waals surface area contributed by atoms with Gasteiger partial charge in [-0.05, 0) is 37.1 Å². The van der Waals surface area contributed by atoms with E-state index in [1.165, 1.54) is 0 Å². The molecule has 2 amide bonds. The van der Waals surface area contributed by atoms with Crippen molar-refractivity contribution in [1.82, 2.24) is 15.6 Å². The van der Waals surface area contributed by atoms with Crippen LogP contribution in [0.2, 0.25) is 5.02 Å². The first-order chi connectivity index (χ1) is 11.5. The molecule has 4 N–H and O–H groups in total. The number of halogens is 1. The normalized spacial score (nSPS) is 20.7. The van der Waals surface area contributed by atoms with E-state index >= 15 is 0 Å². The fraction of sp³-hybridized carbons (Fsp3) is 0.375. The van der Waals surface area contributed by atoms with Gasteiger partial charge in [-0.2, -0.15) is 0 Å². The predicted molar refractivity (Wildman–Crippen MR) is 89.1 cm³/mol. The molecule has 2 heterocycles. The third kappa shape index (κ3) is 3.98. The van der Waals surface area contributed by atoms with Gasteiger partial charge in [-0.25, -0.2) is 4.79 Å². The average Bonchev–Trinajstić information content (AvgIpc) is 2.94. The zero-order valence-electron chi connectivity index (χ0n) is 12.8. The summed E-state index contributed by atoms with van der Waals surface area (Å²) >= 11 is 5.96. The van der Waals surface area contributed by atoms with E-state index < -0.39 is 12.2 Å². The highest BCUT2D eigenvalue weighted by Gasteiger charge is 2.27. The molecular weight excluding hydrogens is 334 g/mol. The lowest BCUT2D eigenvalue weighted by molar-refractivity contribution is -0.136. The van der Waals surface area contributed by atoms with Crippen LogP contribution >= 0.6 is 11.6 Å². The molecule has 7 nitrogen and oxygen atoms in total. The van der Waals surface area contributed by atoms with Crippen molar-refractivity contribution < 1.29 is 19.4 Å². The van der Waals surface area contributed by atoms with Gasteiger partial charge in [0.05, 0.1) is 19.2 Å². The first kappa shape index (κ1) is 16.6. The standard InChI is InChI=1S/C16H18ClN3O4/c17-10-1-3-13-9(5-10)6-12(19-13)7-18-15(21)14-4-2-11(8-24-14)20-16(22)23/h1,3,5-6,11,14,19-20H,2,4,7-8H2,(H,18,21)(H,22,23)/t11-,14+/m1/s1. The lowest BCUT2D eigenvalue weighted by Gasteiger charge is -2.28. The summed E-state index contributed by atoms with van der Waals surface area (Å²) < 4.78 is 5.45. The van der Waals surface area contributed by atoms with Gasteiger partial charge < -0.3 is 25.5 Å². The van der Waals surface area contributed by atoms with Crippen molar-refractivity contribution >= 4 is 34.5 Å². The van der Waals surface area contributed by atoms with E-state index in [0.717, 1.165) is 16.6 Å². The maximum atomic E-state index is 12.2. The molecule has 2 atom stereocenters. The van der Waals surface area contributed by atoms with Crippen molar-refractivity contribution in [3.05, 3.63) is 35.0 Å². The highest BCUT2D eigenvalue weighted by molar-refractivity contribution is 6.31. The summed E-state index contributed by atoms with van der Waals surface area (Å²) in [6.45, 7) is 0.567. The Labute approximate surface area is 143 Å². The van der Waals surface area contributed by atoms with Gasteiger partial charge in [0.25, 0.3) is 0 Å². The molecule has 1 aromatic carbocycles. The number of aromatic amines is 1. The number of carbonyl (C=O) groups is 2. The number of fused-ring (bicyclic) bond motifs is 1. The molecule has 1 aliphatic heterocycles. The maximum Gasteiger partial charge on any atom is 0.404 e. The highest BCUT2D eigenvalue weighted by Crippen LogP contribution is 2.20. The molecule has 3 rings (SSSR count). The van der Waals surface area contributed by atoms with Gasteiger partial charge in [-0.3, -0.25) is 4.79 Å². The van der Waals surface area contributed by atoms with Gasteiger partial charge in [0.15, 0.2) is 0 Å². The van der Waals surface area contributed by atoms with Gasteiger partial charge in [0.2, 0.25) is 5.91 Å². The van der Waals surface area contributed by atoms with E-state index in [2.05, 4.69) is 15.6 Å². The Balaban J connectivity index is 1.51.